The minimum Gasteiger partial charge on any atom is -0.454 e. The zero-order chi connectivity index (χ0) is 21.8. The van der Waals surface area contributed by atoms with Crippen LogP contribution in [0.5, 0.6) is 5.75 Å². The molecule has 30 heavy (non-hydrogen) atoms. The lowest BCUT2D eigenvalue weighted by atomic mass is 10.1. The lowest BCUT2D eigenvalue weighted by molar-refractivity contribution is -0.150. The van der Waals surface area contributed by atoms with Crippen LogP contribution in [0.15, 0.2) is 48.5 Å². The van der Waals surface area contributed by atoms with Gasteiger partial charge < -0.3 is 14.8 Å². The molecule has 3 amide bonds. The van der Waals surface area contributed by atoms with E-state index in [4.69, 9.17) is 4.74 Å². The van der Waals surface area contributed by atoms with Crippen LogP contribution in [0, 0.1) is 0 Å². The number of para-hydroxylation sites is 2. The quantitative estimate of drug-likeness (QED) is 0.548. The normalized spacial score (nSPS) is 13.8. The Morgan fingerprint density at radius 2 is 1.57 bits per heavy atom. The Bertz CT molecular complexity index is 975. The molecule has 0 saturated carbocycles. The molecule has 0 radical (unpaired) electrons. The summed E-state index contributed by atoms with van der Waals surface area (Å²) >= 11 is 0. The van der Waals surface area contributed by atoms with E-state index in [1.165, 1.54) is 43.3 Å². The van der Waals surface area contributed by atoms with Gasteiger partial charge in [-0.05, 0) is 31.2 Å². The third kappa shape index (κ3) is 4.27. The number of esters is 1. The Balaban J connectivity index is 1.59. The zero-order valence-electron chi connectivity index (χ0n) is 15.6. The Kier molecular flexibility index (Phi) is 6.05. The summed E-state index contributed by atoms with van der Waals surface area (Å²) in [6, 6.07) is 10.4. The van der Waals surface area contributed by atoms with E-state index in [2.05, 4.69) is 10.1 Å². The number of imide groups is 1. The Morgan fingerprint density at radius 3 is 2.17 bits per heavy atom. The van der Waals surface area contributed by atoms with Gasteiger partial charge in [-0.15, -0.1) is 0 Å². The first-order chi connectivity index (χ1) is 14.3. The highest BCUT2D eigenvalue weighted by molar-refractivity contribution is 6.22. The van der Waals surface area contributed by atoms with Crippen molar-refractivity contribution in [1.29, 1.82) is 0 Å². The molecule has 0 unspecified atom stereocenters. The number of alkyl halides is 2. The molecule has 2 aromatic carbocycles. The van der Waals surface area contributed by atoms with Crippen molar-refractivity contribution in [3.8, 4) is 5.75 Å². The van der Waals surface area contributed by atoms with Crippen LogP contribution in [0.3, 0.4) is 0 Å². The second kappa shape index (κ2) is 8.68. The van der Waals surface area contributed by atoms with Crippen LogP contribution in [-0.2, 0) is 14.3 Å². The number of carbonyl (C=O) groups excluding carboxylic acids is 4. The van der Waals surface area contributed by atoms with E-state index in [0.717, 1.165) is 4.90 Å². The number of rotatable bonds is 7. The standard InChI is InChI=1S/C20H16F2N2O6/c1-11(24-17(26)12-6-2-3-7-13(12)18(24)27)19(28)29-10-16(25)23-14-8-4-5-9-15(14)30-20(21)22/h2-9,11,20H,10H2,1H3,(H,23,25)/t11-/m1/s1. The van der Waals surface area contributed by atoms with Crippen molar-refractivity contribution in [3.05, 3.63) is 59.7 Å². The second-order valence-corrected chi connectivity index (χ2v) is 6.23. The highest BCUT2D eigenvalue weighted by atomic mass is 19.3. The molecule has 8 nitrogen and oxygen atoms in total. The van der Waals surface area contributed by atoms with Crippen LogP contribution in [0.2, 0.25) is 0 Å². The zero-order valence-corrected chi connectivity index (χ0v) is 15.6. The molecule has 1 aliphatic heterocycles. The van der Waals surface area contributed by atoms with Gasteiger partial charge in [0.15, 0.2) is 6.61 Å². The Labute approximate surface area is 169 Å². The number of hydrogen-bond acceptors (Lipinski definition) is 6. The molecule has 1 heterocycles. The van der Waals surface area contributed by atoms with E-state index in [9.17, 15) is 28.0 Å². The first kappa shape index (κ1) is 20.9. The molecular formula is C20H16F2N2O6. The first-order valence-electron chi connectivity index (χ1n) is 8.77. The van der Waals surface area contributed by atoms with Crippen LogP contribution in [0.25, 0.3) is 0 Å². The number of hydrogen-bond donors (Lipinski definition) is 1. The molecule has 2 aromatic rings. The van der Waals surface area contributed by atoms with Gasteiger partial charge in [0.2, 0.25) is 0 Å². The highest BCUT2D eigenvalue weighted by Gasteiger charge is 2.41. The molecular weight excluding hydrogens is 402 g/mol. The van der Waals surface area contributed by atoms with Gasteiger partial charge >= 0.3 is 12.6 Å². The highest BCUT2D eigenvalue weighted by Crippen LogP contribution is 2.26. The number of carbonyl (C=O) groups is 4. The maximum Gasteiger partial charge on any atom is 0.387 e. The fourth-order valence-corrected chi connectivity index (χ4v) is 2.88. The number of anilines is 1. The molecule has 1 N–H and O–H groups in total. The SMILES string of the molecule is C[C@H](C(=O)OCC(=O)Nc1ccccc1OC(F)F)N1C(=O)c2ccccc2C1=O. The second-order valence-electron chi connectivity index (χ2n) is 6.23. The predicted octanol–water partition coefficient (Wildman–Crippen LogP) is 2.45. The molecule has 0 aliphatic carbocycles. The fourth-order valence-electron chi connectivity index (χ4n) is 2.88. The van der Waals surface area contributed by atoms with Gasteiger partial charge in [0.25, 0.3) is 17.7 Å². The van der Waals surface area contributed by atoms with Gasteiger partial charge in [-0.25, -0.2) is 4.79 Å². The average Bonchev–Trinajstić information content (AvgIpc) is 2.97. The minimum absolute atomic E-state index is 0.0350. The summed E-state index contributed by atoms with van der Waals surface area (Å²) < 4.78 is 34.0. The predicted molar refractivity (Wildman–Crippen MR) is 99.1 cm³/mol. The first-order valence-corrected chi connectivity index (χ1v) is 8.77. The van der Waals surface area contributed by atoms with Gasteiger partial charge in [0, 0.05) is 0 Å². The van der Waals surface area contributed by atoms with Gasteiger partial charge in [0.05, 0.1) is 16.8 Å². The molecule has 1 aliphatic rings. The lowest BCUT2D eigenvalue weighted by Crippen LogP contribution is -2.44. The summed E-state index contributed by atoms with van der Waals surface area (Å²) in [7, 11) is 0. The molecule has 0 spiro atoms. The lowest BCUT2D eigenvalue weighted by Gasteiger charge is -2.20. The number of ether oxygens (including phenoxy) is 2. The van der Waals surface area contributed by atoms with E-state index in [-0.39, 0.29) is 22.6 Å². The third-order valence-electron chi connectivity index (χ3n) is 4.28. The molecule has 156 valence electrons. The molecule has 0 saturated heterocycles. The number of nitrogens with zero attached hydrogens (tertiary/aromatic N) is 1. The minimum atomic E-state index is -3.08. The van der Waals surface area contributed by atoms with Crippen LogP contribution < -0.4 is 10.1 Å². The summed E-state index contributed by atoms with van der Waals surface area (Å²) in [5.74, 6) is -3.32. The number of nitrogens with one attached hydrogen (secondary N) is 1. The van der Waals surface area contributed by atoms with Crippen molar-refractivity contribution < 1.29 is 37.4 Å². The van der Waals surface area contributed by atoms with Gasteiger partial charge in [-0.2, -0.15) is 8.78 Å². The largest absolute Gasteiger partial charge is 0.454 e. The van der Waals surface area contributed by atoms with E-state index in [0.29, 0.717) is 0 Å². The summed E-state index contributed by atoms with van der Waals surface area (Å²) in [5.41, 5.74) is 0.318. The Hall–Kier alpha value is -3.82. The van der Waals surface area contributed by atoms with Crippen molar-refractivity contribution in [1.82, 2.24) is 4.90 Å². The van der Waals surface area contributed by atoms with Crippen molar-refractivity contribution in [3.63, 3.8) is 0 Å². The average molecular weight is 418 g/mol. The third-order valence-corrected chi connectivity index (χ3v) is 4.28. The van der Waals surface area contributed by atoms with Crippen LogP contribution in [0.4, 0.5) is 14.5 Å². The molecule has 0 fully saturated rings. The van der Waals surface area contributed by atoms with Crippen molar-refractivity contribution in [2.24, 2.45) is 0 Å². The Morgan fingerprint density at radius 1 is 1.00 bits per heavy atom. The number of halogens is 2. The van der Waals surface area contributed by atoms with E-state index < -0.39 is 43.0 Å². The van der Waals surface area contributed by atoms with Crippen molar-refractivity contribution >= 4 is 29.4 Å². The summed E-state index contributed by atoms with van der Waals surface area (Å²) in [5, 5.41) is 2.29. The van der Waals surface area contributed by atoms with Crippen LogP contribution >= 0.6 is 0 Å². The van der Waals surface area contributed by atoms with Gasteiger partial charge in [-0.3, -0.25) is 19.3 Å². The van der Waals surface area contributed by atoms with E-state index in [1.807, 2.05) is 0 Å². The van der Waals surface area contributed by atoms with Crippen molar-refractivity contribution in [2.75, 3.05) is 11.9 Å². The van der Waals surface area contributed by atoms with E-state index >= 15 is 0 Å². The number of amides is 3. The van der Waals surface area contributed by atoms with E-state index in [1.54, 1.807) is 12.1 Å². The number of fused-ring (bicyclic) bond motifs is 1. The summed E-state index contributed by atoms with van der Waals surface area (Å²) in [6.45, 7) is -2.54. The maximum atomic E-state index is 12.4. The summed E-state index contributed by atoms with van der Waals surface area (Å²) in [6.07, 6.45) is 0. The summed E-state index contributed by atoms with van der Waals surface area (Å²) in [4.78, 5) is 49.9. The van der Waals surface area contributed by atoms with Gasteiger partial charge in [-0.1, -0.05) is 24.3 Å². The smallest absolute Gasteiger partial charge is 0.387 e. The number of benzene rings is 2. The van der Waals surface area contributed by atoms with Crippen LogP contribution in [-0.4, -0.2) is 47.9 Å². The van der Waals surface area contributed by atoms with Crippen molar-refractivity contribution in [2.45, 2.75) is 19.6 Å². The molecule has 3 rings (SSSR count). The van der Waals surface area contributed by atoms with Crippen LogP contribution in [0.1, 0.15) is 27.6 Å². The molecule has 0 aromatic heterocycles. The maximum absolute atomic E-state index is 12.4. The molecule has 10 heteroatoms. The fraction of sp³-hybridized carbons (Fsp3) is 0.200. The molecule has 1 atom stereocenters. The van der Waals surface area contributed by atoms with Gasteiger partial charge in [0.1, 0.15) is 11.8 Å². The topological polar surface area (TPSA) is 102 Å². The molecule has 0 bridgehead atoms. The monoisotopic (exact) mass is 418 g/mol.